The van der Waals surface area contributed by atoms with Crippen LogP contribution in [0.2, 0.25) is 0 Å². The van der Waals surface area contributed by atoms with Crippen LogP contribution >= 0.6 is 0 Å². The number of nitrogens with two attached hydrogens (primary N) is 1. The van der Waals surface area contributed by atoms with Crippen molar-refractivity contribution in [3.63, 3.8) is 0 Å². The van der Waals surface area contributed by atoms with Gasteiger partial charge in [0.05, 0.1) is 6.54 Å². The number of carbonyl (C=O) groups is 2. The number of rotatable bonds is 5. The predicted molar refractivity (Wildman–Crippen MR) is 98.5 cm³/mol. The van der Waals surface area contributed by atoms with Gasteiger partial charge in [-0.2, -0.15) is 0 Å². The van der Waals surface area contributed by atoms with Gasteiger partial charge in [-0.1, -0.05) is 0 Å². The first-order valence-corrected chi connectivity index (χ1v) is 9.51. The molecule has 2 aliphatic rings. The zero-order valence-corrected chi connectivity index (χ0v) is 15.6. The van der Waals surface area contributed by atoms with Crippen molar-refractivity contribution in [2.45, 2.75) is 31.7 Å². The average molecular weight is 362 g/mol. The van der Waals surface area contributed by atoms with E-state index in [4.69, 9.17) is 5.73 Å². The van der Waals surface area contributed by atoms with Crippen molar-refractivity contribution in [3.05, 3.63) is 18.2 Å². The number of hydrogen-bond acceptors (Lipinski definition) is 5. The van der Waals surface area contributed by atoms with Gasteiger partial charge in [-0.25, -0.2) is 4.98 Å². The first kappa shape index (κ1) is 18.8. The molecule has 2 amide bonds. The van der Waals surface area contributed by atoms with Crippen LogP contribution in [-0.2, 0) is 16.1 Å². The Bertz CT molecular complexity index is 623. The Hall–Kier alpha value is -1.93. The average Bonchev–Trinajstić information content (AvgIpc) is 2.97. The van der Waals surface area contributed by atoms with E-state index in [1.165, 1.54) is 0 Å². The molecule has 8 heteroatoms. The second-order valence-corrected chi connectivity index (χ2v) is 7.47. The van der Waals surface area contributed by atoms with Crippen LogP contribution in [0.3, 0.4) is 0 Å². The van der Waals surface area contributed by atoms with Crippen molar-refractivity contribution in [2.75, 3.05) is 52.9 Å². The van der Waals surface area contributed by atoms with Crippen LogP contribution in [0.25, 0.3) is 0 Å². The Morgan fingerprint density at radius 2 is 1.88 bits per heavy atom. The highest BCUT2D eigenvalue weighted by Crippen LogP contribution is 2.27. The maximum atomic E-state index is 12.7. The first-order valence-electron chi connectivity index (χ1n) is 9.51. The normalized spacial score (nSPS) is 20.9. The minimum Gasteiger partial charge on any atom is -0.368 e. The molecule has 2 aliphatic heterocycles. The highest BCUT2D eigenvalue weighted by molar-refractivity contribution is 5.78. The van der Waals surface area contributed by atoms with Crippen molar-refractivity contribution in [1.29, 1.82) is 0 Å². The van der Waals surface area contributed by atoms with Crippen LogP contribution < -0.4 is 5.73 Å². The highest BCUT2D eigenvalue weighted by atomic mass is 16.2. The van der Waals surface area contributed by atoms with Gasteiger partial charge in [-0.05, 0) is 39.4 Å². The molecule has 0 radical (unpaired) electrons. The van der Waals surface area contributed by atoms with Gasteiger partial charge in [0.25, 0.3) is 0 Å². The zero-order chi connectivity index (χ0) is 18.5. The summed E-state index contributed by atoms with van der Waals surface area (Å²) in [6, 6.07) is 0. The molecule has 2 N–H and O–H groups in total. The molecule has 2 saturated heterocycles. The van der Waals surface area contributed by atoms with Crippen LogP contribution in [-0.4, -0.2) is 88.9 Å². The van der Waals surface area contributed by atoms with E-state index in [0.29, 0.717) is 6.54 Å². The van der Waals surface area contributed by atoms with E-state index in [1.807, 2.05) is 9.47 Å². The predicted octanol–water partition coefficient (Wildman–Crippen LogP) is -0.288. The standard InChI is InChI=1S/C18H30N6O2/c1-21-6-2-7-22(12-11-21)14-17(26)23-8-3-15(4-9-23)18-20-5-10-24(18)13-16(19)25/h5,10,15H,2-4,6-9,11-14H2,1H3,(H2,19,25). The van der Waals surface area contributed by atoms with Gasteiger partial charge < -0.3 is 20.1 Å². The number of piperidine rings is 1. The summed E-state index contributed by atoms with van der Waals surface area (Å²) in [4.78, 5) is 34.8. The van der Waals surface area contributed by atoms with Crippen LogP contribution in [0, 0.1) is 0 Å². The minimum atomic E-state index is -0.361. The fraction of sp³-hybridized carbons (Fsp3) is 0.722. The number of carbonyl (C=O) groups excluding carboxylic acids is 2. The van der Waals surface area contributed by atoms with Crippen molar-refractivity contribution >= 4 is 11.8 Å². The van der Waals surface area contributed by atoms with Gasteiger partial charge in [0, 0.05) is 44.5 Å². The summed E-state index contributed by atoms with van der Waals surface area (Å²) in [5, 5.41) is 0. The summed E-state index contributed by atoms with van der Waals surface area (Å²) in [6.07, 6.45) is 6.39. The maximum Gasteiger partial charge on any atom is 0.237 e. The Labute approximate surface area is 154 Å². The lowest BCUT2D eigenvalue weighted by Crippen LogP contribution is -2.44. The molecule has 3 rings (SSSR count). The summed E-state index contributed by atoms with van der Waals surface area (Å²) < 4.78 is 1.83. The van der Waals surface area contributed by atoms with E-state index < -0.39 is 0 Å². The zero-order valence-electron chi connectivity index (χ0n) is 15.6. The van der Waals surface area contributed by atoms with Gasteiger partial charge in [0.2, 0.25) is 11.8 Å². The van der Waals surface area contributed by atoms with E-state index in [-0.39, 0.29) is 24.3 Å². The van der Waals surface area contributed by atoms with Crippen molar-refractivity contribution in [2.24, 2.45) is 5.73 Å². The van der Waals surface area contributed by atoms with Gasteiger partial charge in [0.15, 0.2) is 0 Å². The molecule has 1 aromatic heterocycles. The van der Waals surface area contributed by atoms with E-state index in [0.717, 1.165) is 64.4 Å². The summed E-state index contributed by atoms with van der Waals surface area (Å²) in [6.45, 7) is 6.28. The lowest BCUT2D eigenvalue weighted by molar-refractivity contribution is -0.133. The largest absolute Gasteiger partial charge is 0.368 e. The fourth-order valence-electron chi connectivity index (χ4n) is 3.92. The van der Waals surface area contributed by atoms with Crippen LogP contribution in [0.5, 0.6) is 0 Å². The number of hydrogen-bond donors (Lipinski definition) is 1. The Morgan fingerprint density at radius 1 is 1.12 bits per heavy atom. The lowest BCUT2D eigenvalue weighted by Gasteiger charge is -2.33. The van der Waals surface area contributed by atoms with Crippen LogP contribution in [0.4, 0.5) is 0 Å². The molecule has 3 heterocycles. The number of imidazole rings is 1. The molecule has 0 spiro atoms. The molecule has 8 nitrogen and oxygen atoms in total. The molecular weight excluding hydrogens is 332 g/mol. The molecule has 0 bridgehead atoms. The van der Waals surface area contributed by atoms with Gasteiger partial charge in [-0.15, -0.1) is 0 Å². The molecule has 144 valence electrons. The van der Waals surface area contributed by atoms with Crippen molar-refractivity contribution in [1.82, 2.24) is 24.3 Å². The molecular formula is C18H30N6O2. The fourth-order valence-corrected chi connectivity index (χ4v) is 3.92. The summed E-state index contributed by atoms with van der Waals surface area (Å²) >= 11 is 0. The number of primary amides is 1. The van der Waals surface area contributed by atoms with Gasteiger partial charge in [0.1, 0.15) is 12.4 Å². The second kappa shape index (κ2) is 8.64. The van der Waals surface area contributed by atoms with Gasteiger partial charge in [-0.3, -0.25) is 14.5 Å². The molecule has 26 heavy (non-hydrogen) atoms. The number of aromatic nitrogens is 2. The molecule has 0 aliphatic carbocycles. The van der Waals surface area contributed by atoms with E-state index in [9.17, 15) is 9.59 Å². The number of nitrogens with zero attached hydrogens (tertiary/aromatic N) is 5. The Kier molecular flexibility index (Phi) is 6.26. The van der Waals surface area contributed by atoms with E-state index in [1.54, 1.807) is 12.4 Å². The third-order valence-corrected chi connectivity index (χ3v) is 5.46. The summed E-state index contributed by atoms with van der Waals surface area (Å²) in [7, 11) is 2.14. The van der Waals surface area contributed by atoms with E-state index in [2.05, 4.69) is 21.8 Å². The molecule has 0 atom stereocenters. The summed E-state index contributed by atoms with van der Waals surface area (Å²) in [5.74, 6) is 1.06. The summed E-state index contributed by atoms with van der Waals surface area (Å²) in [5.41, 5.74) is 5.30. The number of likely N-dealkylation sites (tertiary alicyclic amines) is 1. The monoisotopic (exact) mass is 362 g/mol. The Balaban J connectivity index is 1.49. The SMILES string of the molecule is CN1CCCN(CC(=O)N2CCC(c3nccn3CC(N)=O)CC2)CC1. The quantitative estimate of drug-likeness (QED) is 0.778. The Morgan fingerprint density at radius 3 is 2.62 bits per heavy atom. The number of likely N-dealkylation sites (N-methyl/N-ethyl adjacent to an activating group) is 1. The molecule has 0 saturated carbocycles. The smallest absolute Gasteiger partial charge is 0.237 e. The van der Waals surface area contributed by atoms with Crippen molar-refractivity contribution < 1.29 is 9.59 Å². The third-order valence-electron chi connectivity index (χ3n) is 5.46. The molecule has 2 fully saturated rings. The minimum absolute atomic E-state index is 0.165. The molecule has 1 aromatic rings. The molecule has 0 unspecified atom stereocenters. The van der Waals surface area contributed by atoms with Gasteiger partial charge >= 0.3 is 0 Å². The van der Waals surface area contributed by atoms with E-state index >= 15 is 0 Å². The highest BCUT2D eigenvalue weighted by Gasteiger charge is 2.27. The lowest BCUT2D eigenvalue weighted by atomic mass is 9.95. The molecule has 0 aromatic carbocycles. The van der Waals surface area contributed by atoms with Crippen LogP contribution in [0.15, 0.2) is 12.4 Å². The maximum absolute atomic E-state index is 12.7. The second-order valence-electron chi connectivity index (χ2n) is 7.47. The van der Waals surface area contributed by atoms with Crippen LogP contribution in [0.1, 0.15) is 31.0 Å². The van der Waals surface area contributed by atoms with Crippen molar-refractivity contribution in [3.8, 4) is 0 Å². The number of amides is 2. The first-order chi connectivity index (χ1) is 12.5. The topological polar surface area (TPSA) is 87.7 Å². The third kappa shape index (κ3) is 4.82.